The van der Waals surface area contributed by atoms with E-state index in [-0.39, 0.29) is 25.3 Å². The number of hydrogen-bond donors (Lipinski definition) is 6. The molecule has 4 atom stereocenters. The maximum Gasteiger partial charge on any atom is 0.326 e. The van der Waals surface area contributed by atoms with Gasteiger partial charge in [0, 0.05) is 18.2 Å². The molecule has 1 heterocycles. The maximum absolute atomic E-state index is 13.1. The highest BCUT2D eigenvalue weighted by molar-refractivity contribution is 8.01. The average molecular weight is 523 g/mol. The van der Waals surface area contributed by atoms with E-state index in [4.69, 9.17) is 0 Å². The molecule has 3 amide bonds. The summed E-state index contributed by atoms with van der Waals surface area (Å²) in [6, 6.07) is 6.11. The largest absolute Gasteiger partial charge is 0.480 e. The van der Waals surface area contributed by atoms with Crippen molar-refractivity contribution in [2.75, 3.05) is 6.54 Å². The van der Waals surface area contributed by atoms with E-state index in [2.05, 4.69) is 21.3 Å². The highest BCUT2D eigenvalue weighted by Crippen LogP contribution is 2.39. The normalized spacial score (nSPS) is 20.1. The quantitative estimate of drug-likeness (QED) is 0.201. The number of benzene rings is 1. The first kappa shape index (κ1) is 29.1. The topological polar surface area (TPSA) is 174 Å². The zero-order valence-electron chi connectivity index (χ0n) is 20.6. The maximum atomic E-state index is 13.1. The van der Waals surface area contributed by atoms with Crippen molar-refractivity contribution >= 4 is 41.4 Å². The lowest BCUT2D eigenvalue weighted by atomic mass is 10.0. The number of nitrogens with one attached hydrogen (secondary N) is 4. The van der Waals surface area contributed by atoms with Crippen molar-refractivity contribution in [3.63, 3.8) is 0 Å². The van der Waals surface area contributed by atoms with E-state index in [1.165, 1.54) is 18.7 Å². The van der Waals surface area contributed by atoms with E-state index in [9.17, 15) is 34.2 Å². The third-order valence-electron chi connectivity index (χ3n) is 5.71. The van der Waals surface area contributed by atoms with Crippen LogP contribution < -0.4 is 21.3 Å². The van der Waals surface area contributed by atoms with Gasteiger partial charge >= 0.3 is 11.9 Å². The van der Waals surface area contributed by atoms with Gasteiger partial charge in [0.1, 0.15) is 18.1 Å². The van der Waals surface area contributed by atoms with Crippen molar-refractivity contribution in [2.24, 2.45) is 0 Å². The number of carboxylic acid groups (broad SMARTS) is 2. The molecule has 1 aromatic rings. The van der Waals surface area contributed by atoms with E-state index >= 15 is 0 Å². The highest BCUT2D eigenvalue weighted by atomic mass is 32.2. The van der Waals surface area contributed by atoms with E-state index in [1.54, 1.807) is 26.0 Å². The van der Waals surface area contributed by atoms with Crippen LogP contribution in [0.15, 0.2) is 30.3 Å². The van der Waals surface area contributed by atoms with Crippen LogP contribution in [0.4, 0.5) is 0 Å². The van der Waals surface area contributed by atoms with Gasteiger partial charge in [-0.1, -0.05) is 30.3 Å². The van der Waals surface area contributed by atoms with Crippen LogP contribution in [-0.2, 0) is 30.4 Å². The van der Waals surface area contributed by atoms with E-state index < -0.39 is 52.0 Å². The summed E-state index contributed by atoms with van der Waals surface area (Å²) in [5.41, 5.74) is 0.775. The summed E-state index contributed by atoms with van der Waals surface area (Å²) in [4.78, 5) is 59.9. The molecule has 12 heteroatoms. The molecule has 11 nitrogen and oxygen atoms in total. The van der Waals surface area contributed by atoms with Gasteiger partial charge in [-0.2, -0.15) is 0 Å². The molecule has 0 spiro atoms. The lowest BCUT2D eigenvalue weighted by Crippen LogP contribution is -2.57. The van der Waals surface area contributed by atoms with Gasteiger partial charge < -0.3 is 26.2 Å². The Bertz CT molecular complexity index is 957. The van der Waals surface area contributed by atoms with E-state index in [1.807, 2.05) is 18.2 Å². The number of amides is 3. The fraction of sp³-hybridized carbons (Fsp3) is 0.542. The van der Waals surface area contributed by atoms with Gasteiger partial charge in [0.05, 0.1) is 11.8 Å². The van der Waals surface area contributed by atoms with Crippen molar-refractivity contribution in [3.05, 3.63) is 35.9 Å². The van der Waals surface area contributed by atoms with Crippen molar-refractivity contribution in [1.29, 1.82) is 0 Å². The summed E-state index contributed by atoms with van der Waals surface area (Å²) in [7, 11) is 0. The number of carbonyl (C=O) groups excluding carboxylic acids is 3. The average Bonchev–Trinajstić information content (AvgIpc) is 3.11. The predicted molar refractivity (Wildman–Crippen MR) is 134 cm³/mol. The molecule has 0 bridgehead atoms. The number of aliphatic carboxylic acids is 2. The van der Waals surface area contributed by atoms with E-state index in [0.717, 1.165) is 5.56 Å². The Balaban J connectivity index is 2.00. The van der Waals surface area contributed by atoms with Crippen LogP contribution in [0, 0.1) is 0 Å². The summed E-state index contributed by atoms with van der Waals surface area (Å²) in [5.74, 6) is -3.46. The molecule has 1 aliphatic rings. The monoisotopic (exact) mass is 522 g/mol. The minimum absolute atomic E-state index is 0.0630. The number of rotatable bonds is 13. The van der Waals surface area contributed by atoms with Crippen molar-refractivity contribution in [3.8, 4) is 0 Å². The Hall–Kier alpha value is -3.12. The summed E-state index contributed by atoms with van der Waals surface area (Å²) in [6.07, 6.45) is 1.16. The molecule has 198 valence electrons. The molecule has 0 unspecified atom stereocenters. The minimum Gasteiger partial charge on any atom is -0.480 e. The molecule has 6 N–H and O–H groups in total. The number of hydrogen-bond acceptors (Lipinski definition) is 7. The first-order valence-corrected chi connectivity index (χ1v) is 12.6. The second-order valence-electron chi connectivity index (χ2n) is 9.17. The number of thioether (sulfide) groups is 1. The SMILES string of the molecule is CC(=O)N[C@@H](CCCCNC(=O)[C@@H](NC(=O)Cc1ccccc1)[C@@H]1N[C@@H](C(=O)O)C(C)(C)S1)C(=O)O. The molecular weight excluding hydrogens is 488 g/mol. The minimum atomic E-state index is -1.13. The molecule has 0 radical (unpaired) electrons. The Morgan fingerprint density at radius 2 is 1.72 bits per heavy atom. The molecule has 2 rings (SSSR count). The van der Waals surface area contributed by atoms with Crippen molar-refractivity contribution < 1.29 is 34.2 Å². The Labute approximate surface area is 214 Å². The van der Waals surface area contributed by atoms with Gasteiger partial charge in [0.15, 0.2) is 0 Å². The first-order valence-electron chi connectivity index (χ1n) is 11.7. The summed E-state index contributed by atoms with van der Waals surface area (Å²) >= 11 is 1.27. The molecule has 1 aliphatic heterocycles. The molecule has 1 saturated heterocycles. The lowest BCUT2D eigenvalue weighted by Gasteiger charge is -2.25. The van der Waals surface area contributed by atoms with Crippen LogP contribution in [-0.4, -0.2) is 74.7 Å². The van der Waals surface area contributed by atoms with Gasteiger partial charge in [-0.25, -0.2) is 4.79 Å². The molecule has 0 aliphatic carbocycles. The lowest BCUT2D eigenvalue weighted by molar-refractivity contribution is -0.142. The predicted octanol–water partition coefficient (Wildman–Crippen LogP) is 0.484. The van der Waals surface area contributed by atoms with Crippen LogP contribution in [0.25, 0.3) is 0 Å². The smallest absolute Gasteiger partial charge is 0.326 e. The molecule has 0 saturated carbocycles. The van der Waals surface area contributed by atoms with Crippen LogP contribution in [0.3, 0.4) is 0 Å². The van der Waals surface area contributed by atoms with Crippen LogP contribution in [0.5, 0.6) is 0 Å². The van der Waals surface area contributed by atoms with Crippen LogP contribution >= 0.6 is 11.8 Å². The zero-order valence-corrected chi connectivity index (χ0v) is 21.4. The Kier molecular flexibility index (Phi) is 10.7. The zero-order chi connectivity index (χ0) is 26.9. The van der Waals surface area contributed by atoms with Gasteiger partial charge in [-0.05, 0) is 38.7 Å². The molecule has 1 aromatic carbocycles. The molecular formula is C24H34N4O7S. The Morgan fingerprint density at radius 1 is 1.06 bits per heavy atom. The summed E-state index contributed by atoms with van der Waals surface area (Å²) < 4.78 is -0.714. The molecule has 0 aromatic heterocycles. The van der Waals surface area contributed by atoms with Gasteiger partial charge in [-0.15, -0.1) is 11.8 Å². The third kappa shape index (κ3) is 8.83. The third-order valence-corrected chi connectivity index (χ3v) is 7.21. The molecule has 1 fully saturated rings. The number of carbonyl (C=O) groups is 5. The highest BCUT2D eigenvalue weighted by Gasteiger charge is 2.49. The van der Waals surface area contributed by atoms with Gasteiger partial charge in [0.2, 0.25) is 17.7 Å². The van der Waals surface area contributed by atoms with Crippen LogP contribution in [0.2, 0.25) is 0 Å². The molecule has 36 heavy (non-hydrogen) atoms. The number of carboxylic acids is 2. The standard InChI is InChI=1S/C24H34N4O7S/c1-14(29)26-16(22(32)33)11-7-8-12-25-20(31)18(21-28-19(23(34)35)24(2,3)36-21)27-17(30)13-15-9-5-4-6-10-15/h4-6,9-10,16,18-19,21,28H,7-8,11-13H2,1-3H3,(H,25,31)(H,26,29)(H,27,30)(H,32,33)(H,34,35)/t16-,18+,19-,21+/m0/s1. The fourth-order valence-electron chi connectivity index (χ4n) is 3.91. The van der Waals surface area contributed by atoms with Crippen molar-refractivity contribution in [2.45, 2.75) is 74.7 Å². The first-order chi connectivity index (χ1) is 16.9. The van der Waals surface area contributed by atoms with Crippen LogP contribution in [0.1, 0.15) is 45.6 Å². The summed E-state index contributed by atoms with van der Waals surface area (Å²) in [6.45, 7) is 4.99. The van der Waals surface area contributed by atoms with E-state index in [0.29, 0.717) is 12.8 Å². The number of unbranched alkanes of at least 4 members (excludes halogenated alkanes) is 1. The van der Waals surface area contributed by atoms with Gasteiger partial charge in [-0.3, -0.25) is 24.5 Å². The van der Waals surface area contributed by atoms with Gasteiger partial charge in [0.25, 0.3) is 0 Å². The second-order valence-corrected chi connectivity index (χ2v) is 11.0. The summed E-state index contributed by atoms with van der Waals surface area (Å²) in [5, 5.41) is 28.9. The fourth-order valence-corrected chi connectivity index (χ4v) is 5.40. The van der Waals surface area contributed by atoms with Crippen molar-refractivity contribution in [1.82, 2.24) is 21.3 Å². The Morgan fingerprint density at radius 3 is 2.28 bits per heavy atom. The second kappa shape index (κ2) is 13.3.